The van der Waals surface area contributed by atoms with Crippen molar-refractivity contribution in [1.29, 1.82) is 0 Å². The van der Waals surface area contributed by atoms with Crippen LogP contribution in [0.15, 0.2) is 208 Å². The molecule has 1 spiro atoms. The first kappa shape index (κ1) is 31.0. The van der Waals surface area contributed by atoms with Crippen LogP contribution in [0.4, 0.5) is 17.1 Å². The largest absolute Gasteiger partial charge is 0.308 e. The van der Waals surface area contributed by atoms with Gasteiger partial charge in [0.15, 0.2) is 8.07 Å². The Bertz CT molecular complexity index is 2740. The standard InChI is InChI=1S/C48H31B2NS2Si/c1-7-20-40-34(14-1)50-37-17-4-12-26-46(37)54(47-27-13-23-43(52-40)48(47)50)44-24-10-2-15-35(44)49(36-16-3-11-25-45(36)54)32-28-30-33(31-29-32)51-38-18-5-8-21-41(38)53-42-22-9-6-19-39(42)51/h1-31H. The molecule has 4 heterocycles. The van der Waals surface area contributed by atoms with Crippen LogP contribution in [0.2, 0.25) is 0 Å². The van der Waals surface area contributed by atoms with E-state index in [9.17, 15) is 0 Å². The SMILES string of the molecule is c1ccc2c(c1)Sc1cccc3c1B2c1ccccc1[Si]31c2ccccc2B(c2ccc(N3c4ccccc4Sc4ccccc43)cc2)c2ccccc21. The number of benzene rings is 8. The molecule has 0 amide bonds. The highest BCUT2D eigenvalue weighted by molar-refractivity contribution is 8.00. The normalized spacial score (nSPS) is 14.9. The minimum absolute atomic E-state index is 0.126. The van der Waals surface area contributed by atoms with Crippen molar-refractivity contribution < 1.29 is 0 Å². The minimum Gasteiger partial charge on any atom is -0.308 e. The van der Waals surface area contributed by atoms with Crippen molar-refractivity contribution in [2.45, 2.75) is 19.6 Å². The summed E-state index contributed by atoms with van der Waals surface area (Å²) in [6.45, 7) is 0.358. The predicted molar refractivity (Wildman–Crippen MR) is 235 cm³/mol. The fraction of sp³-hybridized carbons (Fsp3) is 0. The zero-order valence-corrected chi connectivity index (χ0v) is 31.9. The first-order valence-corrected chi connectivity index (χ1v) is 22.4. The number of hydrogen-bond acceptors (Lipinski definition) is 3. The van der Waals surface area contributed by atoms with E-state index in [0.29, 0.717) is 0 Å². The lowest BCUT2D eigenvalue weighted by molar-refractivity contribution is 1.17. The molecule has 0 bridgehead atoms. The topological polar surface area (TPSA) is 3.24 Å². The number of hydrogen-bond donors (Lipinski definition) is 0. The van der Waals surface area contributed by atoms with E-state index in [0.717, 1.165) is 0 Å². The van der Waals surface area contributed by atoms with Gasteiger partial charge in [0, 0.05) is 25.3 Å². The molecule has 0 saturated heterocycles. The summed E-state index contributed by atoms with van der Waals surface area (Å²) >= 11 is 3.81. The summed E-state index contributed by atoms with van der Waals surface area (Å²) < 4.78 is 0. The first-order valence-electron chi connectivity index (χ1n) is 18.7. The second-order valence-electron chi connectivity index (χ2n) is 14.7. The van der Waals surface area contributed by atoms with Crippen LogP contribution in [0.3, 0.4) is 0 Å². The van der Waals surface area contributed by atoms with Gasteiger partial charge in [0.1, 0.15) is 0 Å². The third-order valence-electron chi connectivity index (χ3n) is 12.2. The Morgan fingerprint density at radius 2 is 0.796 bits per heavy atom. The van der Waals surface area contributed by atoms with Crippen LogP contribution in [0.1, 0.15) is 0 Å². The van der Waals surface area contributed by atoms with Gasteiger partial charge in [0.05, 0.1) is 11.4 Å². The van der Waals surface area contributed by atoms with E-state index in [4.69, 9.17) is 0 Å². The summed E-state index contributed by atoms with van der Waals surface area (Å²) in [6, 6.07) is 71.7. The molecule has 4 aliphatic heterocycles. The molecular weight excluding hydrogens is 704 g/mol. The minimum atomic E-state index is -2.74. The Kier molecular flexibility index (Phi) is 6.78. The number of nitrogens with zero attached hydrogens (tertiary/aromatic N) is 1. The summed E-state index contributed by atoms with van der Waals surface area (Å²) in [5, 5.41) is 6.14. The van der Waals surface area contributed by atoms with E-state index in [1.807, 2.05) is 23.5 Å². The molecule has 0 unspecified atom stereocenters. The lowest BCUT2D eigenvalue weighted by Crippen LogP contribution is -2.93. The Labute approximate surface area is 326 Å². The fourth-order valence-corrected chi connectivity index (χ4v) is 18.2. The van der Waals surface area contributed by atoms with Crippen molar-refractivity contribution in [3.63, 3.8) is 0 Å². The molecule has 12 rings (SSSR count). The summed E-state index contributed by atoms with van der Waals surface area (Å²) in [7, 11) is -2.74. The summed E-state index contributed by atoms with van der Waals surface area (Å²) in [5.41, 5.74) is 12.3. The maximum absolute atomic E-state index is 2.74. The third kappa shape index (κ3) is 4.16. The Hall–Kier alpha value is -5.39. The molecule has 54 heavy (non-hydrogen) atoms. The van der Waals surface area contributed by atoms with Crippen molar-refractivity contribution in [2.24, 2.45) is 0 Å². The molecule has 1 nitrogen and oxygen atoms in total. The number of anilines is 3. The van der Waals surface area contributed by atoms with E-state index < -0.39 is 8.07 Å². The molecule has 250 valence electrons. The quantitative estimate of drug-likeness (QED) is 0.227. The van der Waals surface area contributed by atoms with Gasteiger partial charge in [-0.05, 0) is 69.3 Å². The summed E-state index contributed by atoms with van der Waals surface area (Å²) in [6.07, 6.45) is 0. The maximum Gasteiger partial charge on any atom is 0.243 e. The molecule has 6 heteroatoms. The lowest BCUT2D eigenvalue weighted by atomic mass is 9.36. The zero-order valence-electron chi connectivity index (χ0n) is 29.3. The van der Waals surface area contributed by atoms with Crippen LogP contribution in [0.5, 0.6) is 0 Å². The highest BCUT2D eigenvalue weighted by Crippen LogP contribution is 2.51. The van der Waals surface area contributed by atoms with Crippen LogP contribution in [-0.2, 0) is 0 Å². The van der Waals surface area contributed by atoms with Crippen LogP contribution in [0.25, 0.3) is 0 Å². The molecular formula is C48H31B2NS2Si. The second-order valence-corrected chi connectivity index (χ2v) is 20.5. The van der Waals surface area contributed by atoms with Crippen LogP contribution in [-0.4, -0.2) is 21.5 Å². The third-order valence-corrected chi connectivity index (χ3v) is 19.5. The fourth-order valence-electron chi connectivity index (χ4n) is 10.1. The summed E-state index contributed by atoms with van der Waals surface area (Å²) in [5.74, 6) is 0. The van der Waals surface area contributed by atoms with Gasteiger partial charge in [-0.2, -0.15) is 0 Å². The molecule has 8 aromatic rings. The van der Waals surface area contributed by atoms with Crippen molar-refractivity contribution >= 4 is 116 Å². The zero-order chi connectivity index (χ0) is 35.4. The van der Waals surface area contributed by atoms with Crippen LogP contribution >= 0.6 is 23.5 Å². The van der Waals surface area contributed by atoms with E-state index in [2.05, 4.69) is 193 Å². The molecule has 0 aromatic heterocycles. The maximum atomic E-state index is 2.50. The molecule has 8 aromatic carbocycles. The molecule has 0 fully saturated rings. The molecule has 0 atom stereocenters. The van der Waals surface area contributed by atoms with E-state index in [1.54, 1.807) is 5.19 Å². The summed E-state index contributed by atoms with van der Waals surface area (Å²) in [4.78, 5) is 7.78. The van der Waals surface area contributed by atoms with E-state index in [-0.39, 0.29) is 13.4 Å². The first-order chi connectivity index (χ1) is 26.8. The Morgan fingerprint density at radius 1 is 0.352 bits per heavy atom. The van der Waals surface area contributed by atoms with Crippen molar-refractivity contribution in [3.8, 4) is 0 Å². The van der Waals surface area contributed by atoms with Crippen LogP contribution in [0, 0.1) is 0 Å². The van der Waals surface area contributed by atoms with Crippen molar-refractivity contribution in [3.05, 3.63) is 188 Å². The van der Waals surface area contributed by atoms with Gasteiger partial charge in [-0.15, -0.1) is 0 Å². The molecule has 0 aliphatic carbocycles. The van der Waals surface area contributed by atoms with Crippen molar-refractivity contribution in [2.75, 3.05) is 4.90 Å². The lowest BCUT2D eigenvalue weighted by Gasteiger charge is -2.49. The molecule has 0 radical (unpaired) electrons. The Morgan fingerprint density at radius 3 is 1.41 bits per heavy atom. The van der Waals surface area contributed by atoms with Crippen LogP contribution < -0.4 is 58.4 Å². The monoisotopic (exact) mass is 735 g/mol. The number of fused-ring (bicyclic) bond motifs is 12. The van der Waals surface area contributed by atoms with Gasteiger partial charge in [0.25, 0.3) is 0 Å². The molecule has 0 saturated carbocycles. The average Bonchev–Trinajstić information content (AvgIpc) is 3.24. The Balaban J connectivity index is 1.07. The number of rotatable bonds is 2. The second kappa shape index (κ2) is 11.8. The van der Waals surface area contributed by atoms with Gasteiger partial charge < -0.3 is 4.90 Å². The average molecular weight is 736 g/mol. The smallest absolute Gasteiger partial charge is 0.243 e. The highest BCUT2D eigenvalue weighted by atomic mass is 32.2. The van der Waals surface area contributed by atoms with Gasteiger partial charge in [0.2, 0.25) is 13.4 Å². The predicted octanol–water partition coefficient (Wildman–Crippen LogP) is 5.12. The molecule has 4 aliphatic rings. The van der Waals surface area contributed by atoms with Gasteiger partial charge in [-0.1, -0.05) is 196 Å². The number of para-hydroxylation sites is 2. The van der Waals surface area contributed by atoms with Gasteiger partial charge in [-0.25, -0.2) is 0 Å². The van der Waals surface area contributed by atoms with Crippen molar-refractivity contribution in [1.82, 2.24) is 0 Å². The highest BCUT2D eigenvalue weighted by Gasteiger charge is 2.56. The van der Waals surface area contributed by atoms with Gasteiger partial charge >= 0.3 is 0 Å². The van der Waals surface area contributed by atoms with E-state index >= 15 is 0 Å². The molecule has 0 N–H and O–H groups in total. The van der Waals surface area contributed by atoms with E-state index in [1.165, 1.54) is 85.0 Å². The van der Waals surface area contributed by atoms with Gasteiger partial charge in [-0.3, -0.25) is 0 Å².